The van der Waals surface area contributed by atoms with Gasteiger partial charge in [0.25, 0.3) is 11.8 Å². The third-order valence-corrected chi connectivity index (χ3v) is 4.99. The number of hydrogen-bond donors (Lipinski definition) is 3. The summed E-state index contributed by atoms with van der Waals surface area (Å²) < 4.78 is 0. The number of urea groups is 1. The third kappa shape index (κ3) is 2.39. The van der Waals surface area contributed by atoms with Gasteiger partial charge in [0, 0.05) is 18.0 Å². The first-order valence-electron chi connectivity index (χ1n) is 8.08. The molecule has 4 rings (SSSR count). The van der Waals surface area contributed by atoms with Crippen molar-refractivity contribution in [1.82, 2.24) is 15.5 Å². The highest BCUT2D eigenvalue weighted by Gasteiger charge is 2.53. The van der Waals surface area contributed by atoms with Crippen LogP contribution in [0.4, 0.5) is 4.79 Å². The average molecular weight is 339 g/mol. The third-order valence-electron chi connectivity index (χ3n) is 4.99. The first kappa shape index (κ1) is 15.4. The van der Waals surface area contributed by atoms with Crippen LogP contribution >= 0.6 is 0 Å². The number of amides is 4. The van der Waals surface area contributed by atoms with Crippen molar-refractivity contribution in [2.45, 2.75) is 18.5 Å². The van der Waals surface area contributed by atoms with E-state index in [0.29, 0.717) is 18.5 Å². The second-order valence-electron chi connectivity index (χ2n) is 6.54. The summed E-state index contributed by atoms with van der Waals surface area (Å²) in [7, 11) is 0. The van der Waals surface area contributed by atoms with Crippen LogP contribution in [-0.4, -0.2) is 39.9 Å². The van der Waals surface area contributed by atoms with E-state index in [4.69, 9.17) is 0 Å². The molecule has 25 heavy (non-hydrogen) atoms. The van der Waals surface area contributed by atoms with E-state index in [1.165, 1.54) is 12.1 Å². The van der Waals surface area contributed by atoms with Gasteiger partial charge in [-0.25, -0.2) is 4.79 Å². The predicted molar refractivity (Wildman–Crippen MR) is 88.6 cm³/mol. The maximum absolute atomic E-state index is 12.7. The molecule has 1 aliphatic carbocycles. The number of rotatable bonds is 3. The summed E-state index contributed by atoms with van der Waals surface area (Å²) in [5, 5.41) is 14.7. The lowest BCUT2D eigenvalue weighted by atomic mass is 9.79. The molecule has 0 spiro atoms. The van der Waals surface area contributed by atoms with E-state index >= 15 is 0 Å². The lowest BCUT2D eigenvalue weighted by Crippen LogP contribution is -2.59. The number of nitrogens with zero attached hydrogens (tertiary/aromatic N) is 1. The molecule has 1 saturated heterocycles. The Morgan fingerprint density at radius 3 is 2.76 bits per heavy atom. The summed E-state index contributed by atoms with van der Waals surface area (Å²) in [4.78, 5) is 38.6. The summed E-state index contributed by atoms with van der Waals surface area (Å²) in [6.45, 7) is 0.410. The number of carbonyl (C=O) groups excluding carboxylic acids is 3. The minimum absolute atomic E-state index is 0.0240. The van der Waals surface area contributed by atoms with E-state index in [9.17, 15) is 19.5 Å². The summed E-state index contributed by atoms with van der Waals surface area (Å²) in [5.74, 6) is -0.895. The molecule has 0 saturated carbocycles. The van der Waals surface area contributed by atoms with Crippen molar-refractivity contribution in [3.63, 3.8) is 0 Å². The zero-order valence-corrected chi connectivity index (χ0v) is 13.4. The van der Waals surface area contributed by atoms with Crippen molar-refractivity contribution in [1.29, 1.82) is 0 Å². The number of allylic oxidation sites excluding steroid dienone is 3. The fourth-order valence-electron chi connectivity index (χ4n) is 3.72. The molecule has 0 bridgehead atoms. The zero-order chi connectivity index (χ0) is 17.6. The van der Waals surface area contributed by atoms with Gasteiger partial charge >= 0.3 is 6.03 Å². The molecule has 2 atom stereocenters. The Kier molecular flexibility index (Phi) is 3.38. The smallest absolute Gasteiger partial charge is 0.322 e. The van der Waals surface area contributed by atoms with Crippen LogP contribution in [0, 0.1) is 5.92 Å². The lowest BCUT2D eigenvalue weighted by molar-refractivity contribution is -0.125. The van der Waals surface area contributed by atoms with Crippen LogP contribution in [0.15, 0.2) is 42.5 Å². The highest BCUT2D eigenvalue weighted by atomic mass is 16.3. The van der Waals surface area contributed by atoms with Crippen LogP contribution < -0.4 is 10.6 Å². The summed E-state index contributed by atoms with van der Waals surface area (Å²) >= 11 is 0. The number of phenolic OH excluding ortho intramolecular Hbond substituents is 1. The number of benzene rings is 1. The Morgan fingerprint density at radius 2 is 2.08 bits per heavy atom. The molecule has 2 aliphatic heterocycles. The normalized spacial score (nSPS) is 27.4. The van der Waals surface area contributed by atoms with E-state index in [1.807, 2.05) is 24.3 Å². The average Bonchev–Trinajstić information content (AvgIpc) is 3.06. The fraction of sp³-hybridized carbons (Fsp3) is 0.278. The molecule has 2 unspecified atom stereocenters. The minimum atomic E-state index is -1.20. The van der Waals surface area contributed by atoms with E-state index in [2.05, 4.69) is 10.6 Å². The SMILES string of the molecule is O=C1NC(=O)C(CN2Cc3ccc(O)cc3C2=O)(C2C=CC=CC2)N1. The van der Waals surface area contributed by atoms with Gasteiger partial charge in [-0.3, -0.25) is 14.9 Å². The van der Waals surface area contributed by atoms with Gasteiger partial charge in [0.05, 0.1) is 6.54 Å². The molecule has 1 aromatic rings. The number of nitrogens with one attached hydrogen (secondary N) is 2. The van der Waals surface area contributed by atoms with Crippen LogP contribution in [0.2, 0.25) is 0 Å². The van der Waals surface area contributed by atoms with Crippen LogP contribution in [0.3, 0.4) is 0 Å². The van der Waals surface area contributed by atoms with Gasteiger partial charge in [0.1, 0.15) is 11.3 Å². The fourth-order valence-corrected chi connectivity index (χ4v) is 3.72. The lowest BCUT2D eigenvalue weighted by Gasteiger charge is -2.36. The first-order valence-corrected chi connectivity index (χ1v) is 8.08. The topological polar surface area (TPSA) is 98.7 Å². The number of aromatic hydroxyl groups is 1. The van der Waals surface area contributed by atoms with Crippen molar-refractivity contribution in [3.8, 4) is 5.75 Å². The largest absolute Gasteiger partial charge is 0.508 e. The van der Waals surface area contributed by atoms with Gasteiger partial charge in [-0.05, 0) is 24.1 Å². The molecule has 0 radical (unpaired) electrons. The van der Waals surface area contributed by atoms with Gasteiger partial charge in [-0.15, -0.1) is 0 Å². The molecule has 3 N–H and O–H groups in total. The number of phenols is 1. The quantitative estimate of drug-likeness (QED) is 0.717. The summed E-state index contributed by atoms with van der Waals surface area (Å²) in [5.41, 5.74) is 0.0266. The molecular formula is C18H17N3O4. The molecule has 1 fully saturated rings. The molecule has 3 aliphatic rings. The van der Waals surface area contributed by atoms with Crippen LogP contribution in [0.25, 0.3) is 0 Å². The second kappa shape index (κ2) is 5.47. The van der Waals surface area contributed by atoms with Crippen molar-refractivity contribution in [2.75, 3.05) is 6.54 Å². The standard InChI is InChI=1S/C18H17N3O4/c22-13-7-6-11-9-21(15(23)14(11)8-13)10-18(12-4-2-1-3-5-12)16(24)19-17(25)20-18/h1-4,6-8,12,22H,5,9-10H2,(H2,19,20,24,25). The van der Waals surface area contributed by atoms with Gasteiger partial charge in [-0.1, -0.05) is 30.4 Å². The van der Waals surface area contributed by atoms with Crippen LogP contribution in [0.5, 0.6) is 5.75 Å². The maximum atomic E-state index is 12.7. The van der Waals surface area contributed by atoms with Crippen molar-refractivity contribution < 1.29 is 19.5 Å². The Hall–Kier alpha value is -3.09. The molecule has 128 valence electrons. The van der Waals surface area contributed by atoms with Crippen molar-refractivity contribution >= 4 is 17.8 Å². The van der Waals surface area contributed by atoms with Gasteiger partial charge in [0.2, 0.25) is 0 Å². The first-order chi connectivity index (χ1) is 12.0. The molecule has 1 aromatic carbocycles. The summed E-state index contributed by atoms with van der Waals surface area (Å²) in [6, 6.07) is 4.12. The number of fused-ring (bicyclic) bond motifs is 1. The highest BCUT2D eigenvalue weighted by Crippen LogP contribution is 2.33. The maximum Gasteiger partial charge on any atom is 0.322 e. The molecule has 7 nitrogen and oxygen atoms in total. The van der Waals surface area contributed by atoms with Crippen molar-refractivity contribution in [3.05, 3.63) is 53.6 Å². The van der Waals surface area contributed by atoms with E-state index < -0.39 is 17.5 Å². The number of imide groups is 1. The van der Waals surface area contributed by atoms with Gasteiger partial charge in [-0.2, -0.15) is 0 Å². The monoisotopic (exact) mass is 339 g/mol. The Labute approximate surface area is 144 Å². The Balaban J connectivity index is 1.66. The van der Waals surface area contributed by atoms with Gasteiger partial charge < -0.3 is 15.3 Å². The van der Waals surface area contributed by atoms with Crippen molar-refractivity contribution in [2.24, 2.45) is 5.92 Å². The van der Waals surface area contributed by atoms with Crippen LogP contribution in [-0.2, 0) is 11.3 Å². The van der Waals surface area contributed by atoms with E-state index in [1.54, 1.807) is 11.0 Å². The minimum Gasteiger partial charge on any atom is -0.508 e. The molecule has 0 aromatic heterocycles. The van der Waals surface area contributed by atoms with E-state index in [-0.39, 0.29) is 24.1 Å². The summed E-state index contributed by atoms with van der Waals surface area (Å²) in [6.07, 6.45) is 8.14. The zero-order valence-electron chi connectivity index (χ0n) is 13.4. The highest BCUT2D eigenvalue weighted by molar-refractivity contribution is 6.08. The molecule has 4 amide bonds. The second-order valence-corrected chi connectivity index (χ2v) is 6.54. The van der Waals surface area contributed by atoms with Gasteiger partial charge in [0.15, 0.2) is 0 Å². The number of carbonyl (C=O) groups is 3. The number of hydrogen-bond acceptors (Lipinski definition) is 4. The Morgan fingerprint density at radius 1 is 1.24 bits per heavy atom. The molecule has 7 heteroatoms. The molecular weight excluding hydrogens is 322 g/mol. The van der Waals surface area contributed by atoms with E-state index in [0.717, 1.165) is 5.56 Å². The Bertz CT molecular complexity index is 845. The molecule has 2 heterocycles. The predicted octanol–water partition coefficient (Wildman–Crippen LogP) is 1.06. The van der Waals surface area contributed by atoms with Crippen LogP contribution in [0.1, 0.15) is 22.3 Å².